The van der Waals surface area contributed by atoms with E-state index in [0.717, 1.165) is 0 Å². The fraction of sp³-hybridized carbons (Fsp3) is 0.267. The van der Waals surface area contributed by atoms with Crippen molar-refractivity contribution in [3.05, 3.63) is 42.5 Å². The smallest absolute Gasteiger partial charge is 0.407 e. The maximum atomic E-state index is 14.0. The quantitative estimate of drug-likeness (QED) is 0.920. The number of nitrogens with zero attached hydrogens (tertiary/aromatic N) is 4. The number of hydrogen-bond donors (Lipinski definition) is 1. The van der Waals surface area contributed by atoms with Crippen LogP contribution in [0.25, 0.3) is 11.3 Å². The normalized spacial score (nSPS) is 15.0. The molecule has 0 spiro atoms. The summed E-state index contributed by atoms with van der Waals surface area (Å²) in [6.45, 7) is 1.80. The van der Waals surface area contributed by atoms with Crippen LogP contribution in [-0.2, 0) is 0 Å². The number of piperazine rings is 1. The number of aromatic nitrogens is 2. The summed E-state index contributed by atoms with van der Waals surface area (Å²) in [5.41, 5.74) is 0.871. The van der Waals surface area contributed by atoms with E-state index in [1.54, 1.807) is 24.4 Å². The molecule has 7 heteroatoms. The first-order valence-corrected chi connectivity index (χ1v) is 6.95. The molecule has 0 saturated carbocycles. The minimum Gasteiger partial charge on any atom is -0.465 e. The Bertz CT molecular complexity index is 687. The van der Waals surface area contributed by atoms with Crippen molar-refractivity contribution in [3.8, 4) is 11.3 Å². The van der Waals surface area contributed by atoms with Gasteiger partial charge in [-0.05, 0) is 12.1 Å². The molecule has 2 heterocycles. The number of rotatable bonds is 2. The van der Waals surface area contributed by atoms with E-state index >= 15 is 0 Å². The molecule has 2 aromatic rings. The Morgan fingerprint density at radius 2 is 1.77 bits per heavy atom. The van der Waals surface area contributed by atoms with Crippen molar-refractivity contribution in [1.29, 1.82) is 0 Å². The summed E-state index contributed by atoms with van der Waals surface area (Å²) < 4.78 is 14.0. The number of carbonyl (C=O) groups is 1. The second kappa shape index (κ2) is 5.97. The van der Waals surface area contributed by atoms with Crippen LogP contribution in [0.5, 0.6) is 0 Å². The Hall–Kier alpha value is -2.70. The topological polar surface area (TPSA) is 69.6 Å². The second-order valence-corrected chi connectivity index (χ2v) is 4.97. The number of benzene rings is 1. The Labute approximate surface area is 126 Å². The van der Waals surface area contributed by atoms with Gasteiger partial charge in [-0.25, -0.2) is 14.2 Å². The third-order valence-corrected chi connectivity index (χ3v) is 3.66. The number of anilines is 1. The maximum absolute atomic E-state index is 14.0. The lowest BCUT2D eigenvalue weighted by atomic mass is 10.1. The van der Waals surface area contributed by atoms with Gasteiger partial charge in [-0.15, -0.1) is 0 Å². The van der Waals surface area contributed by atoms with Crippen molar-refractivity contribution in [2.75, 3.05) is 31.1 Å². The van der Waals surface area contributed by atoms with E-state index in [-0.39, 0.29) is 5.82 Å². The van der Waals surface area contributed by atoms with Crippen LogP contribution in [0.15, 0.2) is 36.7 Å². The standard InChI is InChI=1S/C15H15FN4O2/c16-12-4-2-1-3-11(12)13-14(18-6-5-17-13)19-7-9-20(10-8-19)15(21)22/h1-6H,7-10H2,(H,21,22). The second-order valence-electron chi connectivity index (χ2n) is 4.97. The Balaban J connectivity index is 1.90. The zero-order chi connectivity index (χ0) is 15.5. The van der Waals surface area contributed by atoms with E-state index < -0.39 is 6.09 Å². The summed E-state index contributed by atoms with van der Waals surface area (Å²) in [6.07, 6.45) is 2.16. The van der Waals surface area contributed by atoms with Crippen LogP contribution in [0, 0.1) is 5.82 Å². The van der Waals surface area contributed by atoms with E-state index in [0.29, 0.717) is 43.3 Å². The van der Waals surface area contributed by atoms with E-state index in [9.17, 15) is 9.18 Å². The number of amides is 1. The fourth-order valence-electron chi connectivity index (χ4n) is 2.51. The highest BCUT2D eigenvalue weighted by molar-refractivity contribution is 5.73. The predicted molar refractivity (Wildman–Crippen MR) is 79.2 cm³/mol. The van der Waals surface area contributed by atoms with Gasteiger partial charge in [0.15, 0.2) is 5.82 Å². The molecule has 114 valence electrons. The molecule has 0 radical (unpaired) electrons. The minimum absolute atomic E-state index is 0.353. The van der Waals surface area contributed by atoms with Crippen LogP contribution in [0.1, 0.15) is 0 Å². The third kappa shape index (κ3) is 2.69. The predicted octanol–water partition coefficient (Wildman–Crippen LogP) is 2.08. The molecule has 0 aliphatic carbocycles. The lowest BCUT2D eigenvalue weighted by Crippen LogP contribution is -2.48. The lowest BCUT2D eigenvalue weighted by Gasteiger charge is -2.34. The van der Waals surface area contributed by atoms with Gasteiger partial charge in [0.2, 0.25) is 0 Å². The first-order chi connectivity index (χ1) is 10.7. The van der Waals surface area contributed by atoms with Crippen LogP contribution in [0.3, 0.4) is 0 Å². The number of hydrogen-bond acceptors (Lipinski definition) is 4. The zero-order valence-electron chi connectivity index (χ0n) is 11.8. The van der Waals surface area contributed by atoms with Gasteiger partial charge in [0.25, 0.3) is 0 Å². The molecule has 0 atom stereocenters. The van der Waals surface area contributed by atoms with Gasteiger partial charge >= 0.3 is 6.09 Å². The van der Waals surface area contributed by atoms with Gasteiger partial charge in [0.05, 0.1) is 0 Å². The van der Waals surface area contributed by atoms with E-state index in [1.165, 1.54) is 17.2 Å². The summed E-state index contributed by atoms with van der Waals surface area (Å²) >= 11 is 0. The summed E-state index contributed by atoms with van der Waals surface area (Å²) in [4.78, 5) is 22.8. The molecule has 1 N–H and O–H groups in total. The van der Waals surface area contributed by atoms with Crippen LogP contribution in [0.2, 0.25) is 0 Å². The monoisotopic (exact) mass is 302 g/mol. The molecule has 1 aliphatic rings. The van der Waals surface area contributed by atoms with E-state index in [1.807, 2.05) is 4.90 Å². The molecule has 1 saturated heterocycles. The van der Waals surface area contributed by atoms with Crippen LogP contribution in [-0.4, -0.2) is 52.2 Å². The summed E-state index contributed by atoms with van der Waals surface area (Å²) in [7, 11) is 0. The van der Waals surface area contributed by atoms with E-state index in [2.05, 4.69) is 9.97 Å². The first kappa shape index (κ1) is 14.2. The average molecular weight is 302 g/mol. The van der Waals surface area contributed by atoms with Crippen LogP contribution in [0.4, 0.5) is 15.0 Å². The third-order valence-electron chi connectivity index (χ3n) is 3.66. The molecular formula is C15H15FN4O2. The van der Waals surface area contributed by atoms with Crippen molar-refractivity contribution < 1.29 is 14.3 Å². The molecule has 6 nitrogen and oxygen atoms in total. The molecule has 22 heavy (non-hydrogen) atoms. The number of carboxylic acid groups (broad SMARTS) is 1. The van der Waals surface area contributed by atoms with Gasteiger partial charge in [0, 0.05) is 44.1 Å². The van der Waals surface area contributed by atoms with Crippen molar-refractivity contribution in [2.45, 2.75) is 0 Å². The molecule has 1 aromatic carbocycles. The Morgan fingerprint density at radius 3 is 2.45 bits per heavy atom. The number of halogens is 1. The van der Waals surface area contributed by atoms with Gasteiger partial charge in [-0.1, -0.05) is 12.1 Å². The molecule has 1 aromatic heterocycles. The van der Waals surface area contributed by atoms with E-state index in [4.69, 9.17) is 5.11 Å². The van der Waals surface area contributed by atoms with Crippen molar-refractivity contribution in [2.24, 2.45) is 0 Å². The largest absolute Gasteiger partial charge is 0.465 e. The maximum Gasteiger partial charge on any atom is 0.407 e. The summed E-state index contributed by atoms with van der Waals surface area (Å²) in [5, 5.41) is 8.99. The highest BCUT2D eigenvalue weighted by Crippen LogP contribution is 2.29. The molecule has 3 rings (SSSR count). The van der Waals surface area contributed by atoms with Crippen molar-refractivity contribution in [3.63, 3.8) is 0 Å². The SMILES string of the molecule is O=C(O)N1CCN(c2nccnc2-c2ccccc2F)CC1. The minimum atomic E-state index is -0.923. The highest BCUT2D eigenvalue weighted by Gasteiger charge is 2.24. The summed E-state index contributed by atoms with van der Waals surface area (Å²) in [5.74, 6) is 0.228. The highest BCUT2D eigenvalue weighted by atomic mass is 19.1. The molecule has 0 unspecified atom stereocenters. The Kier molecular flexibility index (Phi) is 3.86. The average Bonchev–Trinajstić information content (AvgIpc) is 2.55. The van der Waals surface area contributed by atoms with Gasteiger partial charge in [-0.2, -0.15) is 0 Å². The first-order valence-electron chi connectivity index (χ1n) is 6.95. The van der Waals surface area contributed by atoms with Gasteiger partial charge in [0.1, 0.15) is 11.5 Å². The molecular weight excluding hydrogens is 287 g/mol. The summed E-state index contributed by atoms with van der Waals surface area (Å²) in [6, 6.07) is 6.42. The lowest BCUT2D eigenvalue weighted by molar-refractivity contribution is 0.142. The molecule has 1 fully saturated rings. The Morgan fingerprint density at radius 1 is 1.09 bits per heavy atom. The fourth-order valence-corrected chi connectivity index (χ4v) is 2.51. The van der Waals surface area contributed by atoms with Crippen molar-refractivity contribution in [1.82, 2.24) is 14.9 Å². The molecule has 0 bridgehead atoms. The molecule has 1 amide bonds. The van der Waals surface area contributed by atoms with Crippen molar-refractivity contribution >= 4 is 11.9 Å². The van der Waals surface area contributed by atoms with Gasteiger partial charge < -0.3 is 14.9 Å². The van der Waals surface area contributed by atoms with Crippen LogP contribution < -0.4 is 4.90 Å². The zero-order valence-corrected chi connectivity index (χ0v) is 11.8. The van der Waals surface area contributed by atoms with Crippen LogP contribution >= 0.6 is 0 Å². The molecule has 1 aliphatic heterocycles. The van der Waals surface area contributed by atoms with Gasteiger partial charge in [-0.3, -0.25) is 4.98 Å².